The number of hydrogen-bond donors (Lipinski definition) is 1. The van der Waals surface area contributed by atoms with Crippen molar-refractivity contribution in [3.05, 3.63) is 36.7 Å². The van der Waals surface area contributed by atoms with Crippen molar-refractivity contribution in [2.45, 2.75) is 45.3 Å². The van der Waals surface area contributed by atoms with Gasteiger partial charge in [-0.2, -0.15) is 0 Å². The largest absolute Gasteiger partial charge is 0.494 e. The van der Waals surface area contributed by atoms with Gasteiger partial charge < -0.3 is 14.6 Å². The second kappa shape index (κ2) is 5.86. The second-order valence-corrected chi connectivity index (χ2v) is 6.10. The van der Waals surface area contributed by atoms with Crippen LogP contribution in [0.4, 0.5) is 10.1 Å². The lowest BCUT2D eigenvalue weighted by Gasteiger charge is -2.35. The van der Waals surface area contributed by atoms with E-state index in [0.29, 0.717) is 5.46 Å². The number of amides is 1. The Balaban J connectivity index is 2.23. The molecule has 6 heteroatoms. The molecule has 1 aliphatic rings. The van der Waals surface area contributed by atoms with E-state index in [1.54, 1.807) is 6.07 Å². The molecule has 1 aliphatic heterocycles. The van der Waals surface area contributed by atoms with Crippen molar-refractivity contribution in [3.63, 3.8) is 0 Å². The van der Waals surface area contributed by atoms with Crippen LogP contribution in [-0.2, 0) is 14.1 Å². The van der Waals surface area contributed by atoms with Crippen LogP contribution in [0.1, 0.15) is 34.1 Å². The molecule has 1 amide bonds. The third-order valence-electron chi connectivity index (χ3n) is 4.43. The number of nitrogens with one attached hydrogen (secondary N) is 1. The van der Waals surface area contributed by atoms with E-state index in [4.69, 9.17) is 9.31 Å². The zero-order valence-corrected chi connectivity index (χ0v) is 13.4. The van der Waals surface area contributed by atoms with Gasteiger partial charge in [-0.05, 0) is 50.9 Å². The Bertz CT molecular complexity index is 605. The van der Waals surface area contributed by atoms with Gasteiger partial charge in [-0.3, -0.25) is 4.79 Å². The first kappa shape index (κ1) is 16.7. The number of rotatable bonds is 4. The topological polar surface area (TPSA) is 47.6 Å². The van der Waals surface area contributed by atoms with E-state index in [9.17, 15) is 9.18 Å². The highest BCUT2D eigenvalue weighted by molar-refractivity contribution is 6.62. The van der Waals surface area contributed by atoms with Gasteiger partial charge in [0.05, 0.1) is 16.9 Å². The zero-order chi connectivity index (χ0) is 16.5. The van der Waals surface area contributed by atoms with E-state index < -0.39 is 30.0 Å². The predicted molar refractivity (Wildman–Crippen MR) is 85.6 cm³/mol. The minimum absolute atomic E-state index is 0.101. The van der Waals surface area contributed by atoms with Crippen LogP contribution in [0.2, 0.25) is 0 Å². The first-order valence-electron chi connectivity index (χ1n) is 7.31. The highest BCUT2D eigenvalue weighted by Gasteiger charge is 2.53. The fraction of sp³-hybridized carbons (Fsp3) is 0.438. The number of anilines is 1. The van der Waals surface area contributed by atoms with Crippen LogP contribution < -0.4 is 10.8 Å². The summed E-state index contributed by atoms with van der Waals surface area (Å²) in [5.74, 6) is -0.998. The Morgan fingerprint density at radius 2 is 2.09 bits per heavy atom. The molecule has 1 heterocycles. The molecule has 0 spiro atoms. The van der Waals surface area contributed by atoms with Gasteiger partial charge in [0.1, 0.15) is 5.82 Å². The molecule has 1 unspecified atom stereocenters. The van der Waals surface area contributed by atoms with Crippen LogP contribution in [0.5, 0.6) is 0 Å². The van der Waals surface area contributed by atoms with Gasteiger partial charge in [0.2, 0.25) is 5.91 Å². The number of carbonyl (C=O) groups excluding carboxylic acids is 1. The Hall–Kier alpha value is -1.66. The van der Waals surface area contributed by atoms with E-state index >= 15 is 0 Å². The third-order valence-corrected chi connectivity index (χ3v) is 4.43. The van der Waals surface area contributed by atoms with Gasteiger partial charge in [-0.25, -0.2) is 4.39 Å². The molecule has 1 saturated heterocycles. The summed E-state index contributed by atoms with van der Waals surface area (Å²) in [6.07, 6.45) is 1.87. The first-order valence-corrected chi connectivity index (χ1v) is 7.31. The summed E-state index contributed by atoms with van der Waals surface area (Å²) in [6.45, 7) is 11.3. The molecule has 4 nitrogen and oxygen atoms in total. The van der Waals surface area contributed by atoms with Crippen LogP contribution in [0.25, 0.3) is 0 Å². The Morgan fingerprint density at radius 3 is 2.59 bits per heavy atom. The van der Waals surface area contributed by atoms with Gasteiger partial charge >= 0.3 is 7.12 Å². The number of hydrogen-bond acceptors (Lipinski definition) is 3. The Kier molecular flexibility index (Phi) is 4.45. The van der Waals surface area contributed by atoms with E-state index in [1.165, 1.54) is 12.1 Å². The summed E-state index contributed by atoms with van der Waals surface area (Å²) in [6, 6.07) is 4.50. The fourth-order valence-electron chi connectivity index (χ4n) is 2.40. The zero-order valence-electron chi connectivity index (χ0n) is 13.4. The predicted octanol–water partition coefficient (Wildman–Crippen LogP) is 2.64. The SMILES string of the molecule is C=CC(=O)Nc1ccc(B2OC(C)(C)C(C)(CC)O2)cc1F. The van der Waals surface area contributed by atoms with Gasteiger partial charge in [-0.15, -0.1) is 0 Å². The van der Waals surface area contributed by atoms with Crippen LogP contribution in [-0.4, -0.2) is 24.2 Å². The van der Waals surface area contributed by atoms with Crippen molar-refractivity contribution >= 4 is 24.2 Å². The van der Waals surface area contributed by atoms with Crippen molar-refractivity contribution in [2.75, 3.05) is 5.32 Å². The average Bonchev–Trinajstić information content (AvgIpc) is 2.71. The van der Waals surface area contributed by atoms with Crippen LogP contribution in [0, 0.1) is 5.82 Å². The van der Waals surface area contributed by atoms with Crippen molar-refractivity contribution in [3.8, 4) is 0 Å². The van der Waals surface area contributed by atoms with Gasteiger partial charge in [0, 0.05) is 0 Å². The summed E-state index contributed by atoms with van der Waals surface area (Å²) >= 11 is 0. The van der Waals surface area contributed by atoms with E-state index in [-0.39, 0.29) is 5.69 Å². The lowest BCUT2D eigenvalue weighted by atomic mass is 9.79. The molecular weight excluding hydrogens is 284 g/mol. The molecule has 0 aromatic heterocycles. The smallest absolute Gasteiger partial charge is 0.399 e. The first-order chi connectivity index (χ1) is 10.2. The maximum atomic E-state index is 14.1. The molecule has 22 heavy (non-hydrogen) atoms. The molecule has 0 aliphatic carbocycles. The summed E-state index contributed by atoms with van der Waals surface area (Å²) in [5.41, 5.74) is -0.230. The minimum Gasteiger partial charge on any atom is -0.399 e. The molecule has 1 aromatic carbocycles. The van der Waals surface area contributed by atoms with Gasteiger partial charge in [-0.1, -0.05) is 19.6 Å². The minimum atomic E-state index is -0.626. The third kappa shape index (κ3) is 2.94. The highest BCUT2D eigenvalue weighted by Crippen LogP contribution is 2.39. The van der Waals surface area contributed by atoms with Crippen LogP contribution in [0.3, 0.4) is 0 Å². The van der Waals surface area contributed by atoms with Crippen molar-refractivity contribution in [2.24, 2.45) is 0 Å². The average molecular weight is 305 g/mol. The number of carbonyl (C=O) groups is 1. The van der Waals surface area contributed by atoms with Gasteiger partial charge in [0.15, 0.2) is 0 Å². The molecule has 1 fully saturated rings. The lowest BCUT2D eigenvalue weighted by molar-refractivity contribution is -0.111. The maximum absolute atomic E-state index is 14.1. The highest BCUT2D eigenvalue weighted by atomic mass is 19.1. The molecule has 0 bridgehead atoms. The molecule has 1 aromatic rings. The normalized spacial score (nSPS) is 23.4. The lowest BCUT2D eigenvalue weighted by Crippen LogP contribution is -2.44. The fourth-order valence-corrected chi connectivity index (χ4v) is 2.40. The standard InChI is InChI=1S/C16H21BFNO3/c1-6-14(20)19-13-9-8-11(10-12(13)18)17-21-15(3,4)16(5,7-2)22-17/h6,8-10H,1,7H2,2-5H3,(H,19,20). The van der Waals surface area contributed by atoms with Gasteiger partial charge in [0.25, 0.3) is 0 Å². The van der Waals surface area contributed by atoms with Crippen LogP contribution in [0.15, 0.2) is 30.9 Å². The number of benzene rings is 1. The molecular formula is C16H21BFNO3. The molecule has 118 valence electrons. The summed E-state index contributed by atoms with van der Waals surface area (Å²) < 4.78 is 26.1. The molecule has 0 saturated carbocycles. The van der Waals surface area contributed by atoms with Crippen molar-refractivity contribution < 1.29 is 18.5 Å². The Morgan fingerprint density at radius 1 is 1.41 bits per heavy atom. The monoisotopic (exact) mass is 305 g/mol. The second-order valence-electron chi connectivity index (χ2n) is 6.10. The Labute approximate surface area is 130 Å². The van der Waals surface area contributed by atoms with E-state index in [1.807, 2.05) is 27.7 Å². The van der Waals surface area contributed by atoms with Crippen LogP contribution >= 0.6 is 0 Å². The number of halogens is 1. The van der Waals surface area contributed by atoms with E-state index in [0.717, 1.165) is 12.5 Å². The van der Waals surface area contributed by atoms with Crippen molar-refractivity contribution in [1.29, 1.82) is 0 Å². The maximum Gasteiger partial charge on any atom is 0.494 e. The summed E-state index contributed by atoms with van der Waals surface area (Å²) in [4.78, 5) is 11.2. The quantitative estimate of drug-likeness (QED) is 0.687. The van der Waals surface area contributed by atoms with E-state index in [2.05, 4.69) is 11.9 Å². The van der Waals surface area contributed by atoms with Crippen molar-refractivity contribution in [1.82, 2.24) is 0 Å². The molecule has 2 rings (SSSR count). The summed E-state index contributed by atoms with van der Waals surface area (Å²) in [7, 11) is -0.626. The summed E-state index contributed by atoms with van der Waals surface area (Å²) in [5, 5.41) is 2.41. The molecule has 1 N–H and O–H groups in total. The molecule has 0 radical (unpaired) electrons. The molecule has 1 atom stereocenters.